The predicted octanol–water partition coefficient (Wildman–Crippen LogP) is 5.33. The Balaban J connectivity index is 1.48. The number of fused-ring (bicyclic) bond motifs is 1. The molecule has 0 unspecified atom stereocenters. The van der Waals surface area contributed by atoms with Gasteiger partial charge >= 0.3 is 6.18 Å². The molecule has 1 saturated heterocycles. The Bertz CT molecular complexity index is 1380. The summed E-state index contributed by atoms with van der Waals surface area (Å²) >= 11 is 0. The first kappa shape index (κ1) is 24.8. The molecule has 37 heavy (non-hydrogen) atoms. The van der Waals surface area contributed by atoms with Crippen molar-refractivity contribution in [1.29, 1.82) is 0 Å². The highest BCUT2D eigenvalue weighted by Gasteiger charge is 2.32. The van der Waals surface area contributed by atoms with Gasteiger partial charge in [0.15, 0.2) is 0 Å². The normalized spacial score (nSPS) is 16.8. The number of aromatic amines is 1. The zero-order chi connectivity index (χ0) is 26.2. The van der Waals surface area contributed by atoms with Gasteiger partial charge in [-0.2, -0.15) is 13.2 Å². The van der Waals surface area contributed by atoms with E-state index < -0.39 is 11.7 Å². The van der Waals surface area contributed by atoms with Crippen molar-refractivity contribution in [1.82, 2.24) is 15.2 Å². The van der Waals surface area contributed by atoms with Crippen molar-refractivity contribution in [3.8, 4) is 11.1 Å². The largest absolute Gasteiger partial charge is 0.416 e. The fraction of sp³-hybridized carbons (Fsp3) is 0.286. The van der Waals surface area contributed by atoms with Crippen LogP contribution in [0.5, 0.6) is 0 Å². The number of alkyl halides is 3. The summed E-state index contributed by atoms with van der Waals surface area (Å²) in [4.78, 5) is 31.4. The number of carbonyl (C=O) groups excluding carboxylic acids is 2. The quantitative estimate of drug-likeness (QED) is 0.394. The number of halogens is 3. The van der Waals surface area contributed by atoms with Crippen molar-refractivity contribution in [3.05, 3.63) is 76.6 Å². The molecule has 3 aromatic rings. The molecule has 2 aliphatic rings. The molecule has 6 nitrogen and oxygen atoms in total. The fourth-order valence-electron chi connectivity index (χ4n) is 4.98. The van der Waals surface area contributed by atoms with E-state index in [4.69, 9.17) is 0 Å². The van der Waals surface area contributed by atoms with Crippen LogP contribution in [0, 0.1) is 6.92 Å². The van der Waals surface area contributed by atoms with E-state index in [0.717, 1.165) is 37.5 Å². The summed E-state index contributed by atoms with van der Waals surface area (Å²) in [6.07, 6.45) is -0.538. The third-order valence-electron chi connectivity index (χ3n) is 6.76. The lowest BCUT2D eigenvalue weighted by Gasteiger charge is -2.14. The number of hydrogen-bond acceptors (Lipinski definition) is 3. The molecule has 0 spiro atoms. The minimum Gasteiger partial charge on any atom is -0.358 e. The fourth-order valence-corrected chi connectivity index (χ4v) is 4.98. The summed E-state index contributed by atoms with van der Waals surface area (Å²) in [7, 11) is 0. The van der Waals surface area contributed by atoms with Crippen molar-refractivity contribution in [2.75, 3.05) is 31.5 Å². The van der Waals surface area contributed by atoms with Crippen LogP contribution >= 0.6 is 0 Å². The second kappa shape index (κ2) is 9.89. The molecule has 0 saturated carbocycles. The zero-order valence-electron chi connectivity index (χ0n) is 20.3. The van der Waals surface area contributed by atoms with E-state index in [0.29, 0.717) is 40.2 Å². The molecule has 0 radical (unpaired) electrons. The first-order valence-corrected chi connectivity index (χ1v) is 12.2. The van der Waals surface area contributed by atoms with Crippen molar-refractivity contribution in [2.24, 2.45) is 0 Å². The zero-order valence-corrected chi connectivity index (χ0v) is 20.3. The Morgan fingerprint density at radius 1 is 1.11 bits per heavy atom. The molecule has 192 valence electrons. The standard InChI is InChI=1S/C28H27F3N4O2/c1-17-14-21(26(36)32-10-13-35-11-2-3-12-35)24(33-17)16-22-25-20(8-5-9-23(25)34-27(22)37)18-6-4-7-19(15-18)28(29,30)31/h4-9,14-16,33H,2-3,10-13H2,1H3,(H,32,36)(H,34,37)/b22-16-. The van der Waals surface area contributed by atoms with E-state index in [1.165, 1.54) is 18.9 Å². The Morgan fingerprint density at radius 3 is 2.62 bits per heavy atom. The van der Waals surface area contributed by atoms with E-state index in [-0.39, 0.29) is 17.4 Å². The number of nitrogens with zero attached hydrogens (tertiary/aromatic N) is 1. The van der Waals surface area contributed by atoms with Gasteiger partial charge in [-0.1, -0.05) is 24.3 Å². The van der Waals surface area contributed by atoms with Crippen LogP contribution in [0.4, 0.5) is 18.9 Å². The maximum absolute atomic E-state index is 13.4. The Labute approximate surface area is 212 Å². The van der Waals surface area contributed by atoms with Gasteiger partial charge in [-0.25, -0.2) is 0 Å². The number of H-pyrrole nitrogens is 1. The summed E-state index contributed by atoms with van der Waals surface area (Å²) in [6, 6.07) is 11.8. The Morgan fingerprint density at radius 2 is 1.86 bits per heavy atom. The van der Waals surface area contributed by atoms with Crippen LogP contribution in [-0.4, -0.2) is 47.9 Å². The SMILES string of the molecule is Cc1cc(C(=O)NCCN2CCCC2)c(/C=C2\C(=O)Nc3cccc(-c4cccc(C(F)(F)F)c4)c32)[nH]1. The second-order valence-corrected chi connectivity index (χ2v) is 9.40. The third kappa shape index (κ3) is 5.17. The number of aryl methyl sites for hydroxylation is 1. The van der Waals surface area contributed by atoms with Gasteiger partial charge in [-0.15, -0.1) is 0 Å². The van der Waals surface area contributed by atoms with Gasteiger partial charge in [0.05, 0.1) is 22.4 Å². The van der Waals surface area contributed by atoms with E-state index >= 15 is 0 Å². The number of anilines is 1. The molecule has 3 heterocycles. The summed E-state index contributed by atoms with van der Waals surface area (Å²) in [5.41, 5.74) is 2.98. The van der Waals surface area contributed by atoms with Gasteiger partial charge < -0.3 is 20.5 Å². The van der Waals surface area contributed by atoms with Gasteiger partial charge in [0.25, 0.3) is 11.8 Å². The van der Waals surface area contributed by atoms with E-state index in [1.807, 2.05) is 6.92 Å². The molecule has 0 bridgehead atoms. The molecule has 5 rings (SSSR count). The maximum atomic E-state index is 13.4. The molecule has 2 aromatic carbocycles. The number of carbonyl (C=O) groups is 2. The number of hydrogen-bond donors (Lipinski definition) is 3. The molecule has 0 atom stereocenters. The van der Waals surface area contributed by atoms with Crippen molar-refractivity contribution in [2.45, 2.75) is 25.9 Å². The van der Waals surface area contributed by atoms with Gasteiger partial charge in [-0.3, -0.25) is 9.59 Å². The second-order valence-electron chi connectivity index (χ2n) is 9.40. The molecular weight excluding hydrogens is 481 g/mol. The van der Waals surface area contributed by atoms with Gasteiger partial charge in [0, 0.05) is 30.0 Å². The minimum atomic E-state index is -4.49. The summed E-state index contributed by atoms with van der Waals surface area (Å²) < 4.78 is 40.1. The first-order chi connectivity index (χ1) is 17.7. The van der Waals surface area contributed by atoms with E-state index in [9.17, 15) is 22.8 Å². The highest BCUT2D eigenvalue weighted by molar-refractivity contribution is 6.36. The lowest BCUT2D eigenvalue weighted by Crippen LogP contribution is -2.33. The lowest BCUT2D eigenvalue weighted by atomic mass is 9.93. The number of benzene rings is 2. The highest BCUT2D eigenvalue weighted by atomic mass is 19.4. The van der Waals surface area contributed by atoms with E-state index in [1.54, 1.807) is 36.4 Å². The molecule has 1 fully saturated rings. The summed E-state index contributed by atoms with van der Waals surface area (Å²) in [6.45, 7) is 5.20. The number of nitrogens with one attached hydrogen (secondary N) is 3. The van der Waals surface area contributed by atoms with Gasteiger partial charge in [0.1, 0.15) is 0 Å². The molecule has 1 aromatic heterocycles. The molecule has 0 aliphatic carbocycles. The van der Waals surface area contributed by atoms with Crippen molar-refractivity contribution in [3.63, 3.8) is 0 Å². The van der Waals surface area contributed by atoms with Crippen LogP contribution < -0.4 is 10.6 Å². The highest BCUT2D eigenvalue weighted by Crippen LogP contribution is 2.42. The minimum absolute atomic E-state index is 0.250. The van der Waals surface area contributed by atoms with Crippen LogP contribution in [0.2, 0.25) is 0 Å². The van der Waals surface area contributed by atoms with Crippen LogP contribution in [0.25, 0.3) is 22.8 Å². The third-order valence-corrected chi connectivity index (χ3v) is 6.76. The average Bonchev–Trinajstić information content (AvgIpc) is 3.58. The summed E-state index contributed by atoms with van der Waals surface area (Å²) in [5.74, 6) is -0.637. The summed E-state index contributed by atoms with van der Waals surface area (Å²) in [5, 5.41) is 5.75. The van der Waals surface area contributed by atoms with Gasteiger partial charge in [-0.05, 0) is 74.3 Å². The van der Waals surface area contributed by atoms with Gasteiger partial charge in [0.2, 0.25) is 0 Å². The molecule has 2 amide bonds. The molecule has 3 N–H and O–H groups in total. The van der Waals surface area contributed by atoms with Crippen LogP contribution in [0.3, 0.4) is 0 Å². The predicted molar refractivity (Wildman–Crippen MR) is 137 cm³/mol. The average molecular weight is 509 g/mol. The van der Waals surface area contributed by atoms with Crippen molar-refractivity contribution < 1.29 is 22.8 Å². The molecule has 2 aliphatic heterocycles. The number of aromatic nitrogens is 1. The molecule has 9 heteroatoms. The Kier molecular flexibility index (Phi) is 6.64. The van der Waals surface area contributed by atoms with Crippen LogP contribution in [0.1, 0.15) is 45.7 Å². The van der Waals surface area contributed by atoms with Crippen LogP contribution in [0.15, 0.2) is 48.5 Å². The van der Waals surface area contributed by atoms with Crippen LogP contribution in [-0.2, 0) is 11.0 Å². The smallest absolute Gasteiger partial charge is 0.358 e. The monoisotopic (exact) mass is 508 g/mol. The lowest BCUT2D eigenvalue weighted by molar-refractivity contribution is -0.137. The number of rotatable bonds is 6. The Hall–Kier alpha value is -3.85. The first-order valence-electron chi connectivity index (χ1n) is 12.2. The number of amides is 2. The topological polar surface area (TPSA) is 77.2 Å². The van der Waals surface area contributed by atoms with Crippen molar-refractivity contribution >= 4 is 29.2 Å². The number of likely N-dealkylation sites (tertiary alicyclic amines) is 1. The maximum Gasteiger partial charge on any atom is 0.416 e. The molecular formula is C28H27F3N4O2. The van der Waals surface area contributed by atoms with E-state index in [2.05, 4.69) is 20.5 Å².